The Morgan fingerprint density at radius 2 is 2.00 bits per heavy atom. The lowest BCUT2D eigenvalue weighted by molar-refractivity contribution is -0.150. The molecule has 3 atom stereocenters. The van der Waals surface area contributed by atoms with Crippen molar-refractivity contribution in [3.8, 4) is 0 Å². The molecule has 1 aliphatic carbocycles. The minimum atomic E-state index is -1.08. The van der Waals surface area contributed by atoms with Crippen molar-refractivity contribution in [3.63, 3.8) is 0 Å². The summed E-state index contributed by atoms with van der Waals surface area (Å²) in [6, 6.07) is -0.945. The van der Waals surface area contributed by atoms with E-state index < -0.39 is 23.7 Å². The molecule has 1 saturated heterocycles. The molecule has 0 bridgehead atoms. The van der Waals surface area contributed by atoms with Gasteiger partial charge in [0.05, 0.1) is 11.6 Å². The molecule has 0 aromatic carbocycles. The summed E-state index contributed by atoms with van der Waals surface area (Å²) in [6.45, 7) is 1.71. The van der Waals surface area contributed by atoms with Gasteiger partial charge >= 0.3 is 5.97 Å². The number of hydrogen-bond donors (Lipinski definition) is 3. The van der Waals surface area contributed by atoms with Gasteiger partial charge in [0.2, 0.25) is 5.91 Å². The number of aliphatic hydroxyl groups excluding tert-OH is 1. The molecule has 17 heavy (non-hydrogen) atoms. The fourth-order valence-corrected chi connectivity index (χ4v) is 2.44. The number of carbonyl (C=O) groups excluding carboxylic acids is 1. The van der Waals surface area contributed by atoms with Crippen LogP contribution in [0.4, 0.5) is 0 Å². The first-order chi connectivity index (χ1) is 7.84. The third-order valence-corrected chi connectivity index (χ3v) is 3.71. The molecule has 6 heteroatoms. The molecule has 0 radical (unpaired) electrons. The van der Waals surface area contributed by atoms with Gasteiger partial charge in [-0.05, 0) is 25.7 Å². The van der Waals surface area contributed by atoms with Crippen molar-refractivity contribution >= 4 is 11.9 Å². The minimum absolute atomic E-state index is 0.0648. The van der Waals surface area contributed by atoms with Crippen LogP contribution in [0.1, 0.15) is 26.2 Å². The molecule has 2 fully saturated rings. The largest absolute Gasteiger partial charge is 0.480 e. The average molecular weight is 242 g/mol. The Balaban J connectivity index is 2.15. The van der Waals surface area contributed by atoms with Crippen molar-refractivity contribution in [2.24, 2.45) is 11.7 Å². The molecular weight excluding hydrogens is 224 g/mol. The second-order valence-corrected chi connectivity index (χ2v) is 5.26. The number of aliphatic hydroxyl groups is 1. The lowest BCUT2D eigenvalue weighted by Crippen LogP contribution is -2.57. The smallest absolute Gasteiger partial charge is 0.326 e. The summed E-state index contributed by atoms with van der Waals surface area (Å²) in [7, 11) is 0. The third kappa shape index (κ3) is 2.14. The maximum absolute atomic E-state index is 12.2. The molecule has 0 spiro atoms. The molecule has 96 valence electrons. The Morgan fingerprint density at radius 1 is 1.41 bits per heavy atom. The van der Waals surface area contributed by atoms with Gasteiger partial charge < -0.3 is 20.8 Å². The predicted molar refractivity (Wildman–Crippen MR) is 59.1 cm³/mol. The first-order valence-corrected chi connectivity index (χ1v) is 5.85. The molecule has 0 aromatic rings. The van der Waals surface area contributed by atoms with Gasteiger partial charge in [-0.25, -0.2) is 4.79 Å². The van der Waals surface area contributed by atoms with Gasteiger partial charge in [-0.1, -0.05) is 0 Å². The van der Waals surface area contributed by atoms with Crippen molar-refractivity contribution in [2.45, 2.75) is 43.9 Å². The first kappa shape index (κ1) is 12.3. The summed E-state index contributed by atoms with van der Waals surface area (Å²) in [6.07, 6.45) is 1.14. The molecule has 1 heterocycles. The van der Waals surface area contributed by atoms with Crippen molar-refractivity contribution in [1.82, 2.24) is 4.90 Å². The highest BCUT2D eigenvalue weighted by molar-refractivity contribution is 5.90. The van der Waals surface area contributed by atoms with E-state index in [0.717, 1.165) is 12.8 Å². The Kier molecular flexibility index (Phi) is 2.87. The summed E-state index contributed by atoms with van der Waals surface area (Å²) in [5.74, 6) is -1.30. The number of carboxylic acid groups (broad SMARTS) is 1. The fraction of sp³-hybridized carbons (Fsp3) is 0.818. The normalized spacial score (nSPS) is 32.3. The monoisotopic (exact) mass is 242 g/mol. The lowest BCUT2D eigenvalue weighted by Gasteiger charge is -2.31. The van der Waals surface area contributed by atoms with Crippen molar-refractivity contribution in [3.05, 3.63) is 0 Å². The Bertz CT molecular complexity index is 351. The quantitative estimate of drug-likeness (QED) is 0.598. The van der Waals surface area contributed by atoms with Crippen LogP contribution in [-0.4, -0.2) is 51.2 Å². The lowest BCUT2D eigenvalue weighted by atomic mass is 9.95. The van der Waals surface area contributed by atoms with Crippen LogP contribution in [0.5, 0.6) is 0 Å². The molecule has 2 rings (SSSR count). The van der Waals surface area contributed by atoms with Crippen LogP contribution in [-0.2, 0) is 9.59 Å². The number of carboxylic acids is 1. The van der Waals surface area contributed by atoms with Gasteiger partial charge in [0.15, 0.2) is 0 Å². The van der Waals surface area contributed by atoms with E-state index in [2.05, 4.69) is 0 Å². The van der Waals surface area contributed by atoms with E-state index in [-0.39, 0.29) is 24.8 Å². The summed E-state index contributed by atoms with van der Waals surface area (Å²) in [5, 5.41) is 18.5. The summed E-state index contributed by atoms with van der Waals surface area (Å²) in [5.41, 5.74) is 4.99. The topological polar surface area (TPSA) is 104 Å². The third-order valence-electron chi connectivity index (χ3n) is 3.71. The SMILES string of the molecule is CC(N)(C(=O)N1C[C@H](O)C[C@H]1C(=O)O)C1CC1. The van der Waals surface area contributed by atoms with Crippen molar-refractivity contribution < 1.29 is 19.8 Å². The van der Waals surface area contributed by atoms with E-state index in [0.29, 0.717) is 0 Å². The second kappa shape index (κ2) is 3.96. The predicted octanol–water partition coefficient (Wildman–Crippen LogP) is -0.840. The van der Waals surface area contributed by atoms with Gasteiger partial charge in [-0.3, -0.25) is 4.79 Å². The van der Waals surface area contributed by atoms with Crippen LogP contribution in [0.25, 0.3) is 0 Å². The number of nitrogens with zero attached hydrogens (tertiary/aromatic N) is 1. The van der Waals surface area contributed by atoms with Crippen LogP contribution in [0.15, 0.2) is 0 Å². The highest BCUT2D eigenvalue weighted by Crippen LogP contribution is 2.39. The molecule has 6 nitrogen and oxygen atoms in total. The maximum Gasteiger partial charge on any atom is 0.326 e. The highest BCUT2D eigenvalue weighted by atomic mass is 16.4. The summed E-state index contributed by atoms with van der Waals surface area (Å²) in [4.78, 5) is 24.5. The van der Waals surface area contributed by atoms with Crippen LogP contribution in [0, 0.1) is 5.92 Å². The molecule has 2 aliphatic rings. The highest BCUT2D eigenvalue weighted by Gasteiger charge is 2.50. The zero-order valence-electron chi connectivity index (χ0n) is 9.80. The Morgan fingerprint density at radius 3 is 2.47 bits per heavy atom. The maximum atomic E-state index is 12.2. The van der Waals surface area contributed by atoms with Crippen LogP contribution >= 0.6 is 0 Å². The van der Waals surface area contributed by atoms with Crippen molar-refractivity contribution in [1.29, 1.82) is 0 Å². The van der Waals surface area contributed by atoms with E-state index in [1.165, 1.54) is 4.90 Å². The number of likely N-dealkylation sites (tertiary alicyclic amines) is 1. The zero-order valence-corrected chi connectivity index (χ0v) is 9.80. The number of rotatable bonds is 3. The van der Waals surface area contributed by atoms with Gasteiger partial charge in [0, 0.05) is 13.0 Å². The average Bonchev–Trinajstić information content (AvgIpc) is 3.01. The Labute approximate surface area is 99.4 Å². The van der Waals surface area contributed by atoms with Crippen LogP contribution < -0.4 is 5.73 Å². The van der Waals surface area contributed by atoms with Crippen LogP contribution in [0.2, 0.25) is 0 Å². The van der Waals surface area contributed by atoms with E-state index in [1.807, 2.05) is 0 Å². The molecule has 1 unspecified atom stereocenters. The van der Waals surface area contributed by atoms with Gasteiger partial charge in [-0.15, -0.1) is 0 Å². The molecular formula is C11H18N2O4. The summed E-state index contributed by atoms with van der Waals surface area (Å²) < 4.78 is 0. The van der Waals surface area contributed by atoms with Crippen LogP contribution in [0.3, 0.4) is 0 Å². The van der Waals surface area contributed by atoms with E-state index in [4.69, 9.17) is 10.8 Å². The zero-order chi connectivity index (χ0) is 12.8. The van der Waals surface area contributed by atoms with Crippen molar-refractivity contribution in [2.75, 3.05) is 6.54 Å². The molecule has 1 amide bonds. The first-order valence-electron chi connectivity index (χ1n) is 5.85. The van der Waals surface area contributed by atoms with E-state index in [9.17, 15) is 14.7 Å². The standard InChI is InChI=1S/C11H18N2O4/c1-11(12,6-2-3-6)10(17)13-5-7(14)4-8(13)9(15)16/h6-8,14H,2-5,12H2,1H3,(H,15,16)/t7-,8+,11?/m1/s1. The van der Waals surface area contributed by atoms with E-state index >= 15 is 0 Å². The summed E-state index contributed by atoms with van der Waals surface area (Å²) >= 11 is 0. The van der Waals surface area contributed by atoms with E-state index in [1.54, 1.807) is 6.92 Å². The molecule has 4 N–H and O–H groups in total. The molecule has 1 aliphatic heterocycles. The number of carbonyl (C=O) groups is 2. The van der Waals surface area contributed by atoms with Gasteiger partial charge in [0.1, 0.15) is 6.04 Å². The second-order valence-electron chi connectivity index (χ2n) is 5.26. The molecule has 0 aromatic heterocycles. The number of aliphatic carboxylic acids is 1. The number of nitrogens with two attached hydrogens (primary N) is 1. The number of hydrogen-bond acceptors (Lipinski definition) is 4. The number of β-amino-alcohol motifs (C(OH)–C–C–N with tert-alkyl or cyclic N) is 1. The van der Waals surface area contributed by atoms with Gasteiger partial charge in [0.25, 0.3) is 0 Å². The minimum Gasteiger partial charge on any atom is -0.480 e. The molecule has 1 saturated carbocycles. The van der Waals surface area contributed by atoms with Gasteiger partial charge in [-0.2, -0.15) is 0 Å². The number of amides is 1. The Hall–Kier alpha value is -1.14. The fourth-order valence-electron chi connectivity index (χ4n) is 2.44.